The molecular formula is C25H23BrClN3O3. The van der Waals surface area contributed by atoms with E-state index in [1.165, 1.54) is 0 Å². The molecule has 0 aliphatic carbocycles. The highest BCUT2D eigenvalue weighted by atomic mass is 79.9. The summed E-state index contributed by atoms with van der Waals surface area (Å²) in [7, 11) is 0. The van der Waals surface area contributed by atoms with Crippen LogP contribution in [0.4, 0.5) is 5.69 Å². The molecule has 0 spiro atoms. The van der Waals surface area contributed by atoms with Crippen molar-refractivity contribution in [1.82, 2.24) is 5.43 Å². The highest BCUT2D eigenvalue weighted by molar-refractivity contribution is 9.10. The zero-order valence-corrected chi connectivity index (χ0v) is 20.1. The number of amides is 2. The van der Waals surface area contributed by atoms with E-state index >= 15 is 0 Å². The third-order valence-corrected chi connectivity index (χ3v) is 5.24. The number of nitrogens with one attached hydrogen (secondary N) is 2. The maximum absolute atomic E-state index is 12.0. The summed E-state index contributed by atoms with van der Waals surface area (Å²) in [4.78, 5) is 24.0. The fraction of sp³-hybridized carbons (Fsp3) is 0.160. The van der Waals surface area contributed by atoms with Gasteiger partial charge in [0.25, 0.3) is 0 Å². The molecule has 2 N–H and O–H groups in total. The Morgan fingerprint density at radius 2 is 1.73 bits per heavy atom. The number of benzene rings is 3. The van der Waals surface area contributed by atoms with Crippen LogP contribution in [0.5, 0.6) is 5.75 Å². The lowest BCUT2D eigenvalue weighted by molar-refractivity contribution is -0.121. The van der Waals surface area contributed by atoms with Crippen molar-refractivity contribution in [1.29, 1.82) is 0 Å². The second kappa shape index (κ2) is 12.8. The Balaban J connectivity index is 1.37. The lowest BCUT2D eigenvalue weighted by atomic mass is 10.2. The van der Waals surface area contributed by atoms with E-state index in [-0.39, 0.29) is 24.7 Å². The summed E-state index contributed by atoms with van der Waals surface area (Å²) < 4.78 is 6.68. The number of nitrogens with zero attached hydrogens (tertiary/aromatic N) is 1. The minimum Gasteiger partial charge on any atom is -0.489 e. The highest BCUT2D eigenvalue weighted by Crippen LogP contribution is 2.17. The van der Waals surface area contributed by atoms with Crippen molar-refractivity contribution in [3.05, 3.63) is 93.4 Å². The molecule has 0 unspecified atom stereocenters. The largest absolute Gasteiger partial charge is 0.489 e. The van der Waals surface area contributed by atoms with Gasteiger partial charge >= 0.3 is 0 Å². The quantitative estimate of drug-likeness (QED) is 0.252. The molecule has 0 aliphatic rings. The Labute approximate surface area is 206 Å². The number of hydrogen-bond donors (Lipinski definition) is 2. The second-order valence-electron chi connectivity index (χ2n) is 7.19. The van der Waals surface area contributed by atoms with Gasteiger partial charge in [-0.05, 0) is 60.0 Å². The monoisotopic (exact) mass is 527 g/mol. The van der Waals surface area contributed by atoms with Crippen LogP contribution < -0.4 is 15.5 Å². The van der Waals surface area contributed by atoms with Crippen molar-refractivity contribution in [3.63, 3.8) is 0 Å². The molecule has 0 heterocycles. The van der Waals surface area contributed by atoms with Gasteiger partial charge in [0.05, 0.1) is 6.21 Å². The van der Waals surface area contributed by atoms with Crippen LogP contribution in [0, 0.1) is 0 Å². The fourth-order valence-corrected chi connectivity index (χ4v) is 3.39. The van der Waals surface area contributed by atoms with Gasteiger partial charge < -0.3 is 10.1 Å². The number of carbonyl (C=O) groups is 2. The van der Waals surface area contributed by atoms with E-state index in [0.717, 1.165) is 15.6 Å². The minimum atomic E-state index is -0.253. The molecule has 0 saturated heterocycles. The predicted molar refractivity (Wildman–Crippen MR) is 135 cm³/mol. The van der Waals surface area contributed by atoms with Gasteiger partial charge in [-0.15, -0.1) is 0 Å². The molecule has 3 aromatic rings. The highest BCUT2D eigenvalue weighted by Gasteiger charge is 2.06. The van der Waals surface area contributed by atoms with Crippen LogP contribution in [0.15, 0.2) is 82.4 Å². The van der Waals surface area contributed by atoms with E-state index in [2.05, 4.69) is 31.8 Å². The number of hydrogen-bond acceptors (Lipinski definition) is 4. The summed E-state index contributed by atoms with van der Waals surface area (Å²) in [5.41, 5.74) is 4.99. The first-order chi connectivity index (χ1) is 16.0. The van der Waals surface area contributed by atoms with E-state index < -0.39 is 0 Å². The standard InChI is InChI=1S/C25H23BrClN3O3/c26-20-5-2-6-22(15-20)29-24(31)8-3-9-25(32)30-28-16-19-4-1-7-23(14-19)33-17-18-10-12-21(27)13-11-18/h1-2,4-7,10-16H,3,8-9,17H2,(H,29,31)(H,30,32)/b28-16-. The van der Waals surface area contributed by atoms with E-state index in [1.54, 1.807) is 6.21 Å². The first-order valence-electron chi connectivity index (χ1n) is 10.3. The molecule has 0 radical (unpaired) electrons. The summed E-state index contributed by atoms with van der Waals surface area (Å²) in [6.07, 6.45) is 2.42. The van der Waals surface area contributed by atoms with Crippen LogP contribution in [0.1, 0.15) is 30.4 Å². The van der Waals surface area contributed by atoms with E-state index in [9.17, 15) is 9.59 Å². The Morgan fingerprint density at radius 1 is 0.970 bits per heavy atom. The molecule has 0 saturated carbocycles. The Bertz CT molecular complexity index is 1120. The smallest absolute Gasteiger partial charge is 0.240 e. The van der Waals surface area contributed by atoms with E-state index in [1.807, 2.05) is 72.8 Å². The molecule has 6 nitrogen and oxygen atoms in total. The molecule has 3 rings (SSSR count). The number of ether oxygens (including phenoxy) is 1. The number of carbonyl (C=O) groups excluding carboxylic acids is 2. The fourth-order valence-electron chi connectivity index (χ4n) is 2.87. The van der Waals surface area contributed by atoms with Gasteiger partial charge in [0.1, 0.15) is 12.4 Å². The Morgan fingerprint density at radius 3 is 2.52 bits per heavy atom. The van der Waals surface area contributed by atoms with Crippen molar-refractivity contribution >= 4 is 51.2 Å². The summed E-state index contributed by atoms with van der Waals surface area (Å²) >= 11 is 9.25. The average Bonchev–Trinajstić information content (AvgIpc) is 2.79. The summed E-state index contributed by atoms with van der Waals surface area (Å²) in [6.45, 7) is 0.420. The number of hydrazone groups is 1. The molecule has 0 atom stereocenters. The third-order valence-electron chi connectivity index (χ3n) is 4.50. The molecule has 2 amide bonds. The SMILES string of the molecule is O=C(CCCC(=O)Nc1cccc(Br)c1)N/N=C\c1cccc(OCc2ccc(Cl)cc2)c1. The molecule has 0 aliphatic heterocycles. The molecular weight excluding hydrogens is 506 g/mol. The van der Waals surface area contributed by atoms with Crippen molar-refractivity contribution in [2.24, 2.45) is 5.10 Å². The summed E-state index contributed by atoms with van der Waals surface area (Å²) in [5.74, 6) is 0.299. The molecule has 170 valence electrons. The van der Waals surface area contributed by atoms with Crippen LogP contribution in [-0.2, 0) is 16.2 Å². The number of rotatable bonds is 10. The van der Waals surface area contributed by atoms with Gasteiger partial charge in [-0.25, -0.2) is 5.43 Å². The second-order valence-corrected chi connectivity index (χ2v) is 8.54. The Hall–Kier alpha value is -3.16. The number of halogens is 2. The van der Waals surface area contributed by atoms with Crippen molar-refractivity contribution < 1.29 is 14.3 Å². The first kappa shape index (κ1) is 24.5. The van der Waals surface area contributed by atoms with Crippen molar-refractivity contribution in [3.8, 4) is 5.75 Å². The average molecular weight is 529 g/mol. The Kier molecular flexibility index (Phi) is 9.47. The van der Waals surface area contributed by atoms with Crippen LogP contribution >= 0.6 is 27.5 Å². The maximum atomic E-state index is 12.0. The van der Waals surface area contributed by atoms with Gasteiger partial charge in [0.15, 0.2) is 0 Å². The van der Waals surface area contributed by atoms with Crippen LogP contribution in [0.2, 0.25) is 5.02 Å². The van der Waals surface area contributed by atoms with Crippen molar-refractivity contribution in [2.45, 2.75) is 25.9 Å². The maximum Gasteiger partial charge on any atom is 0.240 e. The normalized spacial score (nSPS) is 10.7. The predicted octanol–water partition coefficient (Wildman–Crippen LogP) is 5.94. The third kappa shape index (κ3) is 9.08. The molecule has 8 heteroatoms. The van der Waals surface area contributed by atoms with Crippen LogP contribution in [0.25, 0.3) is 0 Å². The summed E-state index contributed by atoms with van der Waals surface area (Å²) in [6, 6.07) is 22.2. The number of anilines is 1. The van der Waals surface area contributed by atoms with Gasteiger partial charge in [0.2, 0.25) is 11.8 Å². The topological polar surface area (TPSA) is 79.8 Å². The minimum absolute atomic E-state index is 0.139. The van der Waals surface area contributed by atoms with E-state index in [0.29, 0.717) is 29.5 Å². The summed E-state index contributed by atoms with van der Waals surface area (Å²) in [5, 5.41) is 7.47. The lowest BCUT2D eigenvalue weighted by Crippen LogP contribution is -2.18. The lowest BCUT2D eigenvalue weighted by Gasteiger charge is -2.07. The van der Waals surface area contributed by atoms with Crippen LogP contribution in [0.3, 0.4) is 0 Å². The van der Waals surface area contributed by atoms with Gasteiger partial charge in [0, 0.05) is 28.0 Å². The van der Waals surface area contributed by atoms with Gasteiger partial charge in [-0.1, -0.05) is 57.9 Å². The van der Waals surface area contributed by atoms with Gasteiger partial charge in [-0.3, -0.25) is 9.59 Å². The molecule has 0 aromatic heterocycles. The zero-order chi connectivity index (χ0) is 23.5. The van der Waals surface area contributed by atoms with Crippen LogP contribution in [-0.4, -0.2) is 18.0 Å². The molecule has 33 heavy (non-hydrogen) atoms. The van der Waals surface area contributed by atoms with Crippen molar-refractivity contribution in [2.75, 3.05) is 5.32 Å². The van der Waals surface area contributed by atoms with E-state index in [4.69, 9.17) is 16.3 Å². The van der Waals surface area contributed by atoms with Gasteiger partial charge in [-0.2, -0.15) is 5.10 Å². The molecule has 0 fully saturated rings. The zero-order valence-electron chi connectivity index (χ0n) is 17.8. The molecule has 0 bridgehead atoms. The molecule has 3 aromatic carbocycles. The first-order valence-corrected chi connectivity index (χ1v) is 11.5.